The highest BCUT2D eigenvalue weighted by Gasteiger charge is 2.06. The zero-order chi connectivity index (χ0) is 13.0. The van der Waals surface area contributed by atoms with Crippen molar-refractivity contribution in [2.45, 2.75) is 13.3 Å². The lowest BCUT2D eigenvalue weighted by Gasteiger charge is -2.09. The van der Waals surface area contributed by atoms with Gasteiger partial charge in [0.15, 0.2) is 0 Å². The third kappa shape index (κ3) is 2.69. The first-order chi connectivity index (χ1) is 8.70. The minimum atomic E-state index is -1.05. The van der Waals surface area contributed by atoms with Crippen LogP contribution in [0.1, 0.15) is 12.5 Å². The second-order valence-electron chi connectivity index (χ2n) is 4.03. The number of rotatable bonds is 3. The van der Waals surface area contributed by atoms with E-state index >= 15 is 0 Å². The summed E-state index contributed by atoms with van der Waals surface area (Å²) in [6, 6.07) is 15.5. The molecule has 0 spiro atoms. The summed E-state index contributed by atoms with van der Waals surface area (Å²) in [5.74, 6) is 0. The summed E-state index contributed by atoms with van der Waals surface area (Å²) in [7, 11) is 0. The van der Waals surface area contributed by atoms with E-state index in [1.165, 1.54) is 5.56 Å². The predicted octanol–water partition coefficient (Wildman–Crippen LogP) is 4.01. The molecule has 0 heterocycles. The van der Waals surface area contributed by atoms with E-state index < -0.39 is 6.09 Å². The molecule has 0 aliphatic carbocycles. The summed E-state index contributed by atoms with van der Waals surface area (Å²) < 4.78 is 0. The minimum absolute atomic E-state index is 0.606. The molecule has 2 rings (SSSR count). The SMILES string of the molecule is CCc1ccc(-c2ccccc2NC(=O)O)cc1. The van der Waals surface area contributed by atoms with E-state index in [0.29, 0.717) is 5.69 Å². The Morgan fingerprint density at radius 1 is 1.11 bits per heavy atom. The molecule has 0 radical (unpaired) electrons. The van der Waals surface area contributed by atoms with Gasteiger partial charge in [-0.2, -0.15) is 0 Å². The highest BCUT2D eigenvalue weighted by molar-refractivity contribution is 5.90. The van der Waals surface area contributed by atoms with Crippen LogP contribution in [-0.2, 0) is 6.42 Å². The zero-order valence-corrected chi connectivity index (χ0v) is 10.2. The molecule has 18 heavy (non-hydrogen) atoms. The van der Waals surface area contributed by atoms with Crippen molar-refractivity contribution in [3.8, 4) is 11.1 Å². The molecule has 2 N–H and O–H groups in total. The summed E-state index contributed by atoms with van der Waals surface area (Å²) in [6.45, 7) is 2.11. The van der Waals surface area contributed by atoms with Gasteiger partial charge in [0.2, 0.25) is 0 Å². The van der Waals surface area contributed by atoms with Crippen molar-refractivity contribution in [2.24, 2.45) is 0 Å². The van der Waals surface area contributed by atoms with Gasteiger partial charge in [-0.1, -0.05) is 49.4 Å². The van der Waals surface area contributed by atoms with Gasteiger partial charge in [0, 0.05) is 5.56 Å². The Bertz CT molecular complexity index is 547. The van der Waals surface area contributed by atoms with E-state index in [9.17, 15) is 4.79 Å². The summed E-state index contributed by atoms with van der Waals surface area (Å²) in [5.41, 5.74) is 3.77. The number of benzene rings is 2. The number of hydrogen-bond acceptors (Lipinski definition) is 1. The van der Waals surface area contributed by atoms with Gasteiger partial charge in [-0.05, 0) is 23.6 Å². The van der Waals surface area contributed by atoms with Crippen molar-refractivity contribution < 1.29 is 9.90 Å². The molecule has 2 aromatic rings. The van der Waals surface area contributed by atoms with Gasteiger partial charge in [0.25, 0.3) is 0 Å². The summed E-state index contributed by atoms with van der Waals surface area (Å²) in [4.78, 5) is 10.7. The zero-order valence-electron chi connectivity index (χ0n) is 10.2. The third-order valence-corrected chi connectivity index (χ3v) is 2.84. The fourth-order valence-electron chi connectivity index (χ4n) is 1.88. The number of carbonyl (C=O) groups is 1. The summed E-state index contributed by atoms with van der Waals surface area (Å²) in [6.07, 6.45) is -0.0532. The lowest BCUT2D eigenvalue weighted by molar-refractivity contribution is 0.210. The van der Waals surface area contributed by atoms with Gasteiger partial charge in [0.05, 0.1) is 5.69 Å². The van der Waals surface area contributed by atoms with Gasteiger partial charge >= 0.3 is 6.09 Å². The number of hydrogen-bond donors (Lipinski definition) is 2. The van der Waals surface area contributed by atoms with Crippen molar-refractivity contribution in [1.29, 1.82) is 0 Å². The number of para-hydroxylation sites is 1. The van der Waals surface area contributed by atoms with E-state index in [2.05, 4.69) is 24.4 Å². The number of nitrogens with one attached hydrogen (secondary N) is 1. The minimum Gasteiger partial charge on any atom is -0.465 e. The van der Waals surface area contributed by atoms with Gasteiger partial charge in [-0.25, -0.2) is 4.79 Å². The molecule has 0 unspecified atom stereocenters. The Labute approximate surface area is 106 Å². The molecule has 2 aromatic carbocycles. The van der Waals surface area contributed by atoms with E-state index in [1.54, 1.807) is 6.07 Å². The molecule has 0 aliphatic rings. The third-order valence-electron chi connectivity index (χ3n) is 2.84. The van der Waals surface area contributed by atoms with Crippen LogP contribution >= 0.6 is 0 Å². The van der Waals surface area contributed by atoms with Crippen LogP contribution in [0.4, 0.5) is 10.5 Å². The van der Waals surface area contributed by atoms with Crippen LogP contribution in [0, 0.1) is 0 Å². The molecule has 0 saturated heterocycles. The molecule has 3 nitrogen and oxygen atoms in total. The number of amides is 1. The lowest BCUT2D eigenvalue weighted by atomic mass is 10.0. The van der Waals surface area contributed by atoms with E-state index in [1.807, 2.05) is 30.3 Å². The Morgan fingerprint density at radius 3 is 2.39 bits per heavy atom. The smallest absolute Gasteiger partial charge is 0.409 e. The molecule has 3 heteroatoms. The van der Waals surface area contributed by atoms with Crippen molar-refractivity contribution >= 4 is 11.8 Å². The van der Waals surface area contributed by atoms with Gasteiger partial charge in [-0.15, -0.1) is 0 Å². The Morgan fingerprint density at radius 2 is 1.78 bits per heavy atom. The summed E-state index contributed by atoms with van der Waals surface area (Å²) >= 11 is 0. The molecule has 1 amide bonds. The van der Waals surface area contributed by atoms with Crippen LogP contribution in [-0.4, -0.2) is 11.2 Å². The van der Waals surface area contributed by atoms with Crippen LogP contribution in [0.5, 0.6) is 0 Å². The molecule has 0 atom stereocenters. The molecule has 0 fully saturated rings. The first-order valence-electron chi connectivity index (χ1n) is 5.89. The lowest BCUT2D eigenvalue weighted by Crippen LogP contribution is -2.08. The maximum Gasteiger partial charge on any atom is 0.409 e. The fraction of sp³-hybridized carbons (Fsp3) is 0.133. The summed E-state index contributed by atoms with van der Waals surface area (Å²) in [5, 5.41) is 11.2. The fourth-order valence-corrected chi connectivity index (χ4v) is 1.88. The van der Waals surface area contributed by atoms with Crippen LogP contribution in [0.3, 0.4) is 0 Å². The molecule has 0 aromatic heterocycles. The van der Waals surface area contributed by atoms with Crippen LogP contribution in [0.15, 0.2) is 48.5 Å². The van der Waals surface area contributed by atoms with E-state index in [4.69, 9.17) is 5.11 Å². The second-order valence-corrected chi connectivity index (χ2v) is 4.03. The van der Waals surface area contributed by atoms with Gasteiger partial charge in [-0.3, -0.25) is 5.32 Å². The highest BCUT2D eigenvalue weighted by atomic mass is 16.4. The first-order valence-corrected chi connectivity index (χ1v) is 5.89. The normalized spacial score (nSPS) is 10.1. The largest absolute Gasteiger partial charge is 0.465 e. The Kier molecular flexibility index (Phi) is 3.63. The van der Waals surface area contributed by atoms with Crippen molar-refractivity contribution in [3.05, 3.63) is 54.1 Å². The molecule has 92 valence electrons. The maximum atomic E-state index is 10.7. The number of anilines is 1. The second kappa shape index (κ2) is 5.36. The van der Waals surface area contributed by atoms with E-state index in [-0.39, 0.29) is 0 Å². The number of carboxylic acid groups (broad SMARTS) is 1. The molecule has 0 bridgehead atoms. The standard InChI is InChI=1S/C15H15NO2/c1-2-11-7-9-12(10-8-11)13-5-3-4-6-14(13)16-15(17)18/h3-10,16H,2H2,1H3,(H,17,18). The van der Waals surface area contributed by atoms with Crippen molar-refractivity contribution in [3.63, 3.8) is 0 Å². The quantitative estimate of drug-likeness (QED) is 0.853. The van der Waals surface area contributed by atoms with Gasteiger partial charge in [0.1, 0.15) is 0 Å². The maximum absolute atomic E-state index is 10.7. The molecular formula is C15H15NO2. The monoisotopic (exact) mass is 241 g/mol. The van der Waals surface area contributed by atoms with Crippen molar-refractivity contribution in [1.82, 2.24) is 0 Å². The highest BCUT2D eigenvalue weighted by Crippen LogP contribution is 2.28. The molecular weight excluding hydrogens is 226 g/mol. The van der Waals surface area contributed by atoms with Gasteiger partial charge < -0.3 is 5.11 Å². The van der Waals surface area contributed by atoms with Crippen LogP contribution < -0.4 is 5.32 Å². The Balaban J connectivity index is 2.39. The first kappa shape index (κ1) is 12.2. The average Bonchev–Trinajstić information content (AvgIpc) is 2.39. The predicted molar refractivity (Wildman–Crippen MR) is 72.9 cm³/mol. The average molecular weight is 241 g/mol. The molecule has 0 saturated carbocycles. The Hall–Kier alpha value is -2.29. The van der Waals surface area contributed by atoms with Crippen LogP contribution in [0.25, 0.3) is 11.1 Å². The van der Waals surface area contributed by atoms with E-state index in [0.717, 1.165) is 17.5 Å². The topological polar surface area (TPSA) is 49.3 Å². The number of aryl methyl sites for hydroxylation is 1. The van der Waals surface area contributed by atoms with Crippen molar-refractivity contribution in [2.75, 3.05) is 5.32 Å². The molecule has 0 aliphatic heterocycles. The van der Waals surface area contributed by atoms with Crippen LogP contribution in [0.2, 0.25) is 0 Å².